The summed E-state index contributed by atoms with van der Waals surface area (Å²) in [5.41, 5.74) is 1.72. The van der Waals surface area contributed by atoms with Crippen LogP contribution in [0, 0.1) is 0 Å². The quantitative estimate of drug-likeness (QED) is 0.878. The number of aromatic amines is 1. The lowest BCUT2D eigenvalue weighted by molar-refractivity contribution is 0.0519. The number of rotatable bonds is 4. The fraction of sp³-hybridized carbons (Fsp3) is 0.231. The number of nitrogens with one attached hydrogen (secondary N) is 1. The Balaban J connectivity index is 2.41. The average Bonchev–Trinajstić information content (AvgIpc) is 2.88. The molecule has 2 aromatic rings. The number of benzene rings is 1. The van der Waals surface area contributed by atoms with Crippen LogP contribution in [0.5, 0.6) is 5.75 Å². The predicted octanol–water partition coefficient (Wildman–Crippen LogP) is 3.02. The van der Waals surface area contributed by atoms with E-state index in [1.165, 1.54) is 0 Å². The van der Waals surface area contributed by atoms with E-state index in [9.17, 15) is 4.79 Å². The first-order chi connectivity index (χ1) is 9.17. The number of nitrogens with zero attached hydrogens (tertiary/aromatic N) is 1. The Morgan fingerprint density at radius 1 is 1.47 bits per heavy atom. The van der Waals surface area contributed by atoms with Gasteiger partial charge in [0.2, 0.25) is 0 Å². The molecule has 0 bridgehead atoms. The number of esters is 1. The van der Waals surface area contributed by atoms with Crippen LogP contribution in [0.4, 0.5) is 0 Å². The Morgan fingerprint density at radius 3 is 2.95 bits per heavy atom. The first kappa shape index (κ1) is 13.6. The Kier molecular flexibility index (Phi) is 4.21. The summed E-state index contributed by atoms with van der Waals surface area (Å²) >= 11 is 3.45. The lowest BCUT2D eigenvalue weighted by Gasteiger charge is -2.07. The van der Waals surface area contributed by atoms with Crippen molar-refractivity contribution in [3.05, 3.63) is 34.4 Å². The summed E-state index contributed by atoms with van der Waals surface area (Å²) in [6, 6.07) is 7.22. The molecule has 0 saturated carbocycles. The minimum Gasteiger partial charge on any atom is -0.496 e. The maximum Gasteiger partial charge on any atom is 0.356 e. The van der Waals surface area contributed by atoms with Gasteiger partial charge in [0.25, 0.3) is 0 Å². The molecular weight excluding hydrogens is 312 g/mol. The molecule has 1 heterocycles. The SMILES string of the molecule is CCOC(=O)c1cc(-c2c(Br)cccc2OC)n[nH]1. The molecule has 0 atom stereocenters. The van der Waals surface area contributed by atoms with Crippen molar-refractivity contribution in [1.29, 1.82) is 0 Å². The fourth-order valence-electron chi connectivity index (χ4n) is 1.69. The highest BCUT2D eigenvalue weighted by molar-refractivity contribution is 9.10. The molecule has 2 rings (SSSR count). The van der Waals surface area contributed by atoms with Gasteiger partial charge in [-0.25, -0.2) is 4.79 Å². The standard InChI is InChI=1S/C13H13BrN2O3/c1-3-19-13(17)10-7-9(15-16-10)12-8(14)5-4-6-11(12)18-2/h4-7H,3H2,1-2H3,(H,15,16). The van der Waals surface area contributed by atoms with E-state index in [4.69, 9.17) is 9.47 Å². The van der Waals surface area contributed by atoms with E-state index in [1.807, 2.05) is 18.2 Å². The zero-order valence-corrected chi connectivity index (χ0v) is 12.2. The van der Waals surface area contributed by atoms with Crippen molar-refractivity contribution < 1.29 is 14.3 Å². The predicted molar refractivity (Wildman–Crippen MR) is 74.2 cm³/mol. The Hall–Kier alpha value is -1.82. The smallest absolute Gasteiger partial charge is 0.356 e. The molecule has 5 nitrogen and oxygen atoms in total. The van der Waals surface area contributed by atoms with E-state index in [2.05, 4.69) is 26.1 Å². The van der Waals surface area contributed by atoms with Gasteiger partial charge in [0.1, 0.15) is 11.4 Å². The van der Waals surface area contributed by atoms with Crippen molar-refractivity contribution in [3.8, 4) is 17.0 Å². The maximum absolute atomic E-state index is 11.6. The van der Waals surface area contributed by atoms with Crippen molar-refractivity contribution in [1.82, 2.24) is 10.2 Å². The molecule has 0 spiro atoms. The molecule has 6 heteroatoms. The molecular formula is C13H13BrN2O3. The largest absolute Gasteiger partial charge is 0.496 e. The molecule has 19 heavy (non-hydrogen) atoms. The van der Waals surface area contributed by atoms with Crippen LogP contribution in [-0.2, 0) is 4.74 Å². The second kappa shape index (κ2) is 5.88. The van der Waals surface area contributed by atoms with Crippen molar-refractivity contribution in [2.24, 2.45) is 0 Å². The second-order valence-electron chi connectivity index (χ2n) is 3.70. The van der Waals surface area contributed by atoms with Crippen LogP contribution in [0.15, 0.2) is 28.7 Å². The third-order valence-electron chi connectivity index (χ3n) is 2.52. The van der Waals surface area contributed by atoms with Gasteiger partial charge < -0.3 is 9.47 Å². The van der Waals surface area contributed by atoms with E-state index in [1.54, 1.807) is 20.1 Å². The van der Waals surface area contributed by atoms with Gasteiger partial charge in [0.15, 0.2) is 0 Å². The maximum atomic E-state index is 11.6. The van der Waals surface area contributed by atoms with Crippen LogP contribution >= 0.6 is 15.9 Å². The number of halogens is 1. The van der Waals surface area contributed by atoms with Crippen LogP contribution in [0.3, 0.4) is 0 Å². The van der Waals surface area contributed by atoms with Crippen LogP contribution in [0.2, 0.25) is 0 Å². The number of H-pyrrole nitrogens is 1. The fourth-order valence-corrected chi connectivity index (χ4v) is 2.24. The third kappa shape index (κ3) is 2.78. The number of aromatic nitrogens is 2. The van der Waals surface area contributed by atoms with Crippen LogP contribution in [0.25, 0.3) is 11.3 Å². The number of methoxy groups -OCH3 is 1. The summed E-state index contributed by atoms with van der Waals surface area (Å²) in [6.07, 6.45) is 0. The summed E-state index contributed by atoms with van der Waals surface area (Å²) in [4.78, 5) is 11.6. The number of hydrogen-bond acceptors (Lipinski definition) is 4. The van der Waals surface area contributed by atoms with Gasteiger partial charge in [-0.3, -0.25) is 5.10 Å². The molecule has 0 radical (unpaired) electrons. The lowest BCUT2D eigenvalue weighted by atomic mass is 10.1. The van der Waals surface area contributed by atoms with Crippen molar-refractivity contribution in [3.63, 3.8) is 0 Å². The minimum atomic E-state index is -0.424. The monoisotopic (exact) mass is 324 g/mol. The van der Waals surface area contributed by atoms with E-state index >= 15 is 0 Å². The normalized spacial score (nSPS) is 10.3. The molecule has 1 N–H and O–H groups in total. The topological polar surface area (TPSA) is 64.2 Å². The van der Waals surface area contributed by atoms with Crippen molar-refractivity contribution in [2.75, 3.05) is 13.7 Å². The molecule has 1 aromatic heterocycles. The number of ether oxygens (including phenoxy) is 2. The summed E-state index contributed by atoms with van der Waals surface area (Å²) < 4.78 is 11.0. The number of carbonyl (C=O) groups excluding carboxylic acids is 1. The first-order valence-electron chi connectivity index (χ1n) is 5.72. The van der Waals surface area contributed by atoms with Crippen LogP contribution in [0.1, 0.15) is 17.4 Å². The zero-order chi connectivity index (χ0) is 13.8. The molecule has 0 aliphatic heterocycles. The van der Waals surface area contributed by atoms with E-state index in [0.717, 1.165) is 10.0 Å². The van der Waals surface area contributed by atoms with Gasteiger partial charge in [-0.05, 0) is 41.1 Å². The molecule has 0 amide bonds. The van der Waals surface area contributed by atoms with E-state index in [0.29, 0.717) is 23.7 Å². The van der Waals surface area contributed by atoms with E-state index < -0.39 is 5.97 Å². The van der Waals surface area contributed by atoms with Gasteiger partial charge in [0, 0.05) is 4.47 Å². The molecule has 1 aromatic carbocycles. The van der Waals surface area contributed by atoms with Gasteiger partial charge in [-0.2, -0.15) is 5.10 Å². The van der Waals surface area contributed by atoms with Crippen molar-refractivity contribution >= 4 is 21.9 Å². The first-order valence-corrected chi connectivity index (χ1v) is 6.52. The summed E-state index contributed by atoms with van der Waals surface area (Å²) in [7, 11) is 1.59. The zero-order valence-electron chi connectivity index (χ0n) is 10.6. The lowest BCUT2D eigenvalue weighted by Crippen LogP contribution is -2.04. The molecule has 0 aliphatic carbocycles. The van der Waals surface area contributed by atoms with Gasteiger partial charge in [-0.15, -0.1) is 0 Å². The third-order valence-corrected chi connectivity index (χ3v) is 3.19. The highest BCUT2D eigenvalue weighted by Gasteiger charge is 2.16. The number of hydrogen-bond donors (Lipinski definition) is 1. The Labute approximate surface area is 119 Å². The minimum absolute atomic E-state index is 0.314. The van der Waals surface area contributed by atoms with Crippen LogP contribution < -0.4 is 4.74 Å². The summed E-state index contributed by atoms with van der Waals surface area (Å²) in [6.45, 7) is 2.08. The van der Waals surface area contributed by atoms with Gasteiger partial charge in [-0.1, -0.05) is 6.07 Å². The highest BCUT2D eigenvalue weighted by Crippen LogP contribution is 2.35. The molecule has 0 saturated heterocycles. The van der Waals surface area contributed by atoms with Crippen molar-refractivity contribution in [2.45, 2.75) is 6.92 Å². The molecule has 0 unspecified atom stereocenters. The summed E-state index contributed by atoms with van der Waals surface area (Å²) in [5, 5.41) is 6.79. The summed E-state index contributed by atoms with van der Waals surface area (Å²) in [5.74, 6) is 0.253. The van der Waals surface area contributed by atoms with Gasteiger partial charge in [0.05, 0.1) is 25.0 Å². The molecule has 0 aliphatic rings. The molecule has 100 valence electrons. The van der Waals surface area contributed by atoms with Crippen LogP contribution in [-0.4, -0.2) is 29.9 Å². The molecule has 0 fully saturated rings. The highest BCUT2D eigenvalue weighted by atomic mass is 79.9. The van der Waals surface area contributed by atoms with Gasteiger partial charge >= 0.3 is 5.97 Å². The Morgan fingerprint density at radius 2 is 2.26 bits per heavy atom. The van der Waals surface area contributed by atoms with E-state index in [-0.39, 0.29) is 0 Å². The Bertz CT molecular complexity index is 595. The number of carbonyl (C=O) groups is 1. The average molecular weight is 325 g/mol. The second-order valence-corrected chi connectivity index (χ2v) is 4.56.